The summed E-state index contributed by atoms with van der Waals surface area (Å²) in [4.78, 5) is 1.36. The molecule has 0 aliphatic heterocycles. The Bertz CT molecular complexity index is 507. The van der Waals surface area contributed by atoms with Crippen molar-refractivity contribution >= 4 is 27.3 Å². The van der Waals surface area contributed by atoms with Gasteiger partial charge in [0.25, 0.3) is 0 Å². The first-order valence-electron chi connectivity index (χ1n) is 6.25. The molecule has 2 rings (SSSR count). The highest BCUT2D eigenvalue weighted by Gasteiger charge is 2.17. The van der Waals surface area contributed by atoms with E-state index >= 15 is 0 Å². The molecule has 0 radical (unpaired) electrons. The van der Waals surface area contributed by atoms with Gasteiger partial charge in [-0.15, -0.1) is 11.3 Å². The average Bonchev–Trinajstić information content (AvgIpc) is 2.77. The number of aryl methyl sites for hydroxylation is 1. The summed E-state index contributed by atoms with van der Waals surface area (Å²) in [6.45, 7) is 5.37. The summed E-state index contributed by atoms with van der Waals surface area (Å²) < 4.78 is 1.20. The third kappa shape index (κ3) is 3.22. The molecule has 1 aromatic heterocycles. The third-order valence-corrected chi connectivity index (χ3v) is 4.82. The molecule has 0 saturated heterocycles. The van der Waals surface area contributed by atoms with E-state index < -0.39 is 0 Å². The molecule has 1 atom stereocenters. The lowest BCUT2D eigenvalue weighted by atomic mass is 10.0. The number of halogens is 1. The highest BCUT2D eigenvalue weighted by molar-refractivity contribution is 9.10. The number of hydrogen-bond acceptors (Lipinski definition) is 2. The zero-order valence-corrected chi connectivity index (χ0v) is 13.1. The van der Waals surface area contributed by atoms with Crippen LogP contribution in [0.2, 0.25) is 0 Å². The van der Waals surface area contributed by atoms with Crippen molar-refractivity contribution in [3.63, 3.8) is 0 Å². The van der Waals surface area contributed by atoms with Gasteiger partial charge < -0.3 is 5.32 Å². The first-order valence-corrected chi connectivity index (χ1v) is 7.92. The Labute approximate surface area is 121 Å². The van der Waals surface area contributed by atoms with E-state index in [2.05, 4.69) is 70.8 Å². The molecule has 1 nitrogen and oxygen atoms in total. The quantitative estimate of drug-likeness (QED) is 0.824. The standard InChI is InChI=1S/C15H18BrNS/c1-3-8-17-14(15-13(16)7-9-18-15)12-6-4-5-11(2)10-12/h4-7,9-10,14,17H,3,8H2,1-2H3. The molecule has 0 fully saturated rings. The lowest BCUT2D eigenvalue weighted by Crippen LogP contribution is -2.22. The van der Waals surface area contributed by atoms with Crippen molar-refractivity contribution in [1.82, 2.24) is 5.32 Å². The summed E-state index contributed by atoms with van der Waals surface area (Å²) in [5, 5.41) is 5.77. The molecular formula is C15H18BrNS. The fourth-order valence-corrected chi connectivity index (χ4v) is 3.71. The topological polar surface area (TPSA) is 12.0 Å². The predicted octanol–water partition coefficient (Wildman–Crippen LogP) is 4.91. The van der Waals surface area contributed by atoms with E-state index in [1.807, 2.05) is 0 Å². The van der Waals surface area contributed by atoms with Gasteiger partial charge in [0.1, 0.15) is 0 Å². The zero-order valence-electron chi connectivity index (χ0n) is 10.7. The normalized spacial score (nSPS) is 12.6. The van der Waals surface area contributed by atoms with Crippen LogP contribution in [0.4, 0.5) is 0 Å². The van der Waals surface area contributed by atoms with E-state index in [4.69, 9.17) is 0 Å². The van der Waals surface area contributed by atoms with Crippen LogP contribution in [0.1, 0.15) is 35.4 Å². The maximum Gasteiger partial charge on any atom is 0.0682 e. The van der Waals surface area contributed by atoms with Gasteiger partial charge in [0.2, 0.25) is 0 Å². The molecule has 0 spiro atoms. The van der Waals surface area contributed by atoms with Crippen molar-refractivity contribution in [2.24, 2.45) is 0 Å². The summed E-state index contributed by atoms with van der Waals surface area (Å²) in [5.41, 5.74) is 2.65. The number of rotatable bonds is 5. The lowest BCUT2D eigenvalue weighted by molar-refractivity contribution is 0.604. The van der Waals surface area contributed by atoms with Crippen LogP contribution in [0, 0.1) is 6.92 Å². The van der Waals surface area contributed by atoms with Gasteiger partial charge >= 0.3 is 0 Å². The molecule has 0 saturated carbocycles. The second-order valence-electron chi connectivity index (χ2n) is 4.43. The van der Waals surface area contributed by atoms with Crippen molar-refractivity contribution < 1.29 is 0 Å². The van der Waals surface area contributed by atoms with Crippen LogP contribution in [-0.2, 0) is 0 Å². The molecular weight excluding hydrogens is 306 g/mol. The summed E-state index contributed by atoms with van der Waals surface area (Å²) in [5.74, 6) is 0. The van der Waals surface area contributed by atoms with Crippen LogP contribution in [-0.4, -0.2) is 6.54 Å². The van der Waals surface area contributed by atoms with E-state index in [9.17, 15) is 0 Å². The van der Waals surface area contributed by atoms with E-state index in [-0.39, 0.29) is 0 Å². The van der Waals surface area contributed by atoms with Gasteiger partial charge in [0, 0.05) is 9.35 Å². The summed E-state index contributed by atoms with van der Waals surface area (Å²) in [6, 6.07) is 11.2. The Hall–Kier alpha value is -0.640. The van der Waals surface area contributed by atoms with Gasteiger partial charge in [-0.3, -0.25) is 0 Å². The van der Waals surface area contributed by atoms with Crippen molar-refractivity contribution in [1.29, 1.82) is 0 Å². The molecule has 0 aliphatic rings. The number of nitrogens with one attached hydrogen (secondary N) is 1. The smallest absolute Gasteiger partial charge is 0.0682 e. The fraction of sp³-hybridized carbons (Fsp3) is 0.333. The van der Waals surface area contributed by atoms with Gasteiger partial charge in [-0.25, -0.2) is 0 Å². The molecule has 1 unspecified atom stereocenters. The average molecular weight is 324 g/mol. The molecule has 0 aliphatic carbocycles. The largest absolute Gasteiger partial charge is 0.306 e. The lowest BCUT2D eigenvalue weighted by Gasteiger charge is -2.19. The molecule has 18 heavy (non-hydrogen) atoms. The van der Waals surface area contributed by atoms with Crippen molar-refractivity contribution in [2.75, 3.05) is 6.54 Å². The molecule has 1 heterocycles. The van der Waals surface area contributed by atoms with Gasteiger partial charge in [-0.05, 0) is 52.8 Å². The Kier molecular flexibility index (Phi) is 4.98. The van der Waals surface area contributed by atoms with Crippen LogP contribution < -0.4 is 5.32 Å². The van der Waals surface area contributed by atoms with E-state index in [1.165, 1.54) is 20.5 Å². The van der Waals surface area contributed by atoms with Gasteiger partial charge in [-0.1, -0.05) is 36.8 Å². The van der Waals surface area contributed by atoms with E-state index in [0.29, 0.717) is 6.04 Å². The maximum absolute atomic E-state index is 3.65. The van der Waals surface area contributed by atoms with Crippen molar-refractivity contribution in [3.05, 3.63) is 56.2 Å². The minimum absolute atomic E-state index is 0.291. The van der Waals surface area contributed by atoms with E-state index in [0.717, 1.165) is 13.0 Å². The number of benzene rings is 1. The number of hydrogen-bond donors (Lipinski definition) is 1. The first-order chi connectivity index (χ1) is 8.72. The Morgan fingerprint density at radius 3 is 2.78 bits per heavy atom. The van der Waals surface area contributed by atoms with Crippen molar-refractivity contribution in [3.8, 4) is 0 Å². The van der Waals surface area contributed by atoms with Crippen LogP contribution in [0.3, 0.4) is 0 Å². The highest BCUT2D eigenvalue weighted by atomic mass is 79.9. The minimum atomic E-state index is 0.291. The second kappa shape index (κ2) is 6.50. The van der Waals surface area contributed by atoms with Crippen LogP contribution in [0.5, 0.6) is 0 Å². The second-order valence-corrected chi connectivity index (χ2v) is 6.24. The predicted molar refractivity (Wildman–Crippen MR) is 83.3 cm³/mol. The van der Waals surface area contributed by atoms with Gasteiger partial charge in [-0.2, -0.15) is 0 Å². The zero-order chi connectivity index (χ0) is 13.0. The Morgan fingerprint density at radius 1 is 1.33 bits per heavy atom. The molecule has 96 valence electrons. The maximum atomic E-state index is 3.65. The molecule has 0 amide bonds. The van der Waals surface area contributed by atoms with Gasteiger partial charge in [0.05, 0.1) is 6.04 Å². The Morgan fingerprint density at radius 2 is 2.17 bits per heavy atom. The van der Waals surface area contributed by atoms with Gasteiger partial charge in [0.15, 0.2) is 0 Å². The molecule has 0 bridgehead atoms. The SMILES string of the molecule is CCCNC(c1cccc(C)c1)c1sccc1Br. The molecule has 1 aromatic carbocycles. The Balaban J connectivity index is 2.33. The third-order valence-electron chi connectivity index (χ3n) is 2.88. The highest BCUT2D eigenvalue weighted by Crippen LogP contribution is 2.33. The van der Waals surface area contributed by atoms with Crippen molar-refractivity contribution in [2.45, 2.75) is 26.3 Å². The monoisotopic (exact) mass is 323 g/mol. The summed E-state index contributed by atoms with van der Waals surface area (Å²) >= 11 is 5.44. The van der Waals surface area contributed by atoms with E-state index in [1.54, 1.807) is 11.3 Å². The van der Waals surface area contributed by atoms with Crippen LogP contribution >= 0.6 is 27.3 Å². The molecule has 3 heteroatoms. The minimum Gasteiger partial charge on any atom is -0.306 e. The molecule has 1 N–H and O–H groups in total. The molecule has 2 aromatic rings. The first kappa shape index (κ1) is 13.8. The summed E-state index contributed by atoms with van der Waals surface area (Å²) in [6.07, 6.45) is 1.14. The fourth-order valence-electron chi connectivity index (χ4n) is 2.01. The summed E-state index contributed by atoms with van der Waals surface area (Å²) in [7, 11) is 0. The van der Waals surface area contributed by atoms with Crippen LogP contribution in [0.25, 0.3) is 0 Å². The number of thiophene rings is 1. The van der Waals surface area contributed by atoms with Crippen LogP contribution in [0.15, 0.2) is 40.2 Å².